The fourth-order valence-corrected chi connectivity index (χ4v) is 3.57. The van der Waals surface area contributed by atoms with Gasteiger partial charge >= 0.3 is 0 Å². The van der Waals surface area contributed by atoms with Gasteiger partial charge in [-0.2, -0.15) is 0 Å². The van der Waals surface area contributed by atoms with Crippen LogP contribution in [0.15, 0.2) is 6.33 Å². The van der Waals surface area contributed by atoms with Crippen LogP contribution in [0, 0.1) is 0 Å². The van der Waals surface area contributed by atoms with Crippen molar-refractivity contribution in [3.63, 3.8) is 0 Å². The van der Waals surface area contributed by atoms with Gasteiger partial charge in [0.15, 0.2) is 17.2 Å². The molecule has 0 saturated carbocycles. The number of hydrogen-bond acceptors (Lipinski definition) is 10. The molecule has 0 radical (unpaired) electrons. The van der Waals surface area contributed by atoms with Crippen molar-refractivity contribution in [3.05, 3.63) is 12.2 Å². The number of nitrogens with one attached hydrogen (secondary N) is 1. The Bertz CT molecular complexity index is 951. The summed E-state index contributed by atoms with van der Waals surface area (Å²) >= 11 is 9.92. The molecule has 4 atom stereocenters. The van der Waals surface area contributed by atoms with Crippen molar-refractivity contribution in [2.45, 2.75) is 45.4 Å². The number of carbonyl (C=O) groups excluding carboxylic acids is 2. The van der Waals surface area contributed by atoms with Crippen LogP contribution in [0.1, 0.15) is 32.5 Å². The van der Waals surface area contributed by atoms with Crippen molar-refractivity contribution in [1.29, 1.82) is 0 Å². The number of aromatic nitrogens is 4. The maximum Gasteiger partial charge on any atom is 0.165 e. The van der Waals surface area contributed by atoms with E-state index in [4.69, 9.17) is 29.2 Å². The topological polar surface area (TPSA) is 116 Å². The first kappa shape index (κ1) is 23.3. The molecule has 156 valence electrons. The molecule has 9 nitrogen and oxygen atoms in total. The first-order chi connectivity index (χ1) is 13.8. The van der Waals surface area contributed by atoms with E-state index in [-0.39, 0.29) is 35.7 Å². The van der Waals surface area contributed by atoms with E-state index in [1.54, 1.807) is 10.9 Å². The van der Waals surface area contributed by atoms with E-state index in [0.29, 0.717) is 17.7 Å². The average Bonchev–Trinajstić information content (AvgIpc) is 3.07. The molecule has 2 aromatic heterocycles. The van der Waals surface area contributed by atoms with Gasteiger partial charge in [0, 0.05) is 5.37 Å². The highest BCUT2D eigenvalue weighted by Crippen LogP contribution is 2.23. The smallest absolute Gasteiger partial charge is 0.165 e. The molecular weight excluding hydrogens is 433 g/mol. The van der Waals surface area contributed by atoms with Crippen molar-refractivity contribution in [1.82, 2.24) is 19.5 Å². The predicted octanol–water partition coefficient (Wildman–Crippen LogP) is 1.99. The average molecular weight is 456 g/mol. The van der Waals surface area contributed by atoms with Crippen molar-refractivity contribution < 1.29 is 18.9 Å². The summed E-state index contributed by atoms with van der Waals surface area (Å²) in [5.41, 5.74) is 0.877. The van der Waals surface area contributed by atoms with Gasteiger partial charge in [0.05, 0.1) is 33.8 Å². The molecule has 0 saturated heterocycles. The summed E-state index contributed by atoms with van der Waals surface area (Å²) in [7, 11) is -0.992. The second kappa shape index (κ2) is 10.7. The van der Waals surface area contributed by atoms with E-state index >= 15 is 0 Å². The molecule has 0 aliphatic rings. The number of rotatable bonds is 12. The number of hydrogen-bond donors (Lipinski definition) is 1. The molecule has 2 aromatic rings. The van der Waals surface area contributed by atoms with Crippen LogP contribution in [0.4, 0.5) is 5.82 Å². The molecule has 2 rings (SSSR count). The van der Waals surface area contributed by atoms with Crippen LogP contribution < -0.4 is 5.32 Å². The molecule has 1 N–H and O–H groups in total. The summed E-state index contributed by atoms with van der Waals surface area (Å²) in [6.45, 7) is 5.06. The minimum atomic E-state index is -0.992. The normalized spacial score (nSPS) is 14.6. The second-order valence-electron chi connectivity index (χ2n) is 6.40. The summed E-state index contributed by atoms with van der Waals surface area (Å²) in [4.78, 5) is 37.0. The number of anilines is 1. The van der Waals surface area contributed by atoms with Gasteiger partial charge in [-0.15, -0.1) is 0 Å². The minimum absolute atomic E-state index is 0.187. The number of nitrogens with zero attached hydrogens (tertiary/aromatic N) is 4. The Balaban J connectivity index is 2.56. The van der Waals surface area contributed by atoms with E-state index < -0.39 is 20.4 Å². The fourth-order valence-electron chi connectivity index (χ4n) is 2.58. The summed E-state index contributed by atoms with van der Waals surface area (Å²) in [5, 5.41) is 5.57. The lowest BCUT2D eigenvalue weighted by atomic mass is 10.1. The number of imidazole rings is 1. The highest BCUT2D eigenvalue weighted by atomic mass is 32.1. The first-order valence-corrected chi connectivity index (χ1v) is 11.0. The second-order valence-corrected chi connectivity index (χ2v) is 7.61. The Labute approximate surface area is 179 Å². The quantitative estimate of drug-likeness (QED) is 0.376. The molecule has 0 fully saturated rings. The maximum absolute atomic E-state index is 12.0. The summed E-state index contributed by atoms with van der Waals surface area (Å²) in [6.07, 6.45) is 1.52. The molecule has 0 bridgehead atoms. The standard InChI is InChI=1S/C17H22N5O4PS2/c1-9(26-8-27-25)4-22-7-18-14-16(19-13(6-29)11(3)24)20-15(21-17(14)22)12(5-28)10(2)23/h5-7,9,12-13H,4,8,27H2,1-3H3,(H,19,20,21)/t9-,12?,13?/m1/s1. The number of Topliss-reactive ketones (excluding diaryl/α,β-unsaturated/α-hetero) is 2. The number of ketones is 2. The Morgan fingerprint density at radius 2 is 2.00 bits per heavy atom. The van der Waals surface area contributed by atoms with Gasteiger partial charge < -0.3 is 19.2 Å². The van der Waals surface area contributed by atoms with Crippen molar-refractivity contribution in [3.8, 4) is 0 Å². The summed E-state index contributed by atoms with van der Waals surface area (Å²) in [5.74, 6) is -0.684. The van der Waals surface area contributed by atoms with Crippen molar-refractivity contribution in [2.24, 2.45) is 0 Å². The third kappa shape index (κ3) is 5.79. The lowest BCUT2D eigenvalue weighted by Crippen LogP contribution is -2.29. The molecule has 3 unspecified atom stereocenters. The van der Waals surface area contributed by atoms with Crippen molar-refractivity contribution >= 4 is 72.2 Å². The van der Waals surface area contributed by atoms with Gasteiger partial charge in [0.2, 0.25) is 0 Å². The van der Waals surface area contributed by atoms with E-state index in [1.165, 1.54) is 24.6 Å². The highest BCUT2D eigenvalue weighted by Gasteiger charge is 2.23. The highest BCUT2D eigenvalue weighted by molar-refractivity contribution is 7.79. The largest absolute Gasteiger partial charge is 0.369 e. The van der Waals surface area contributed by atoms with E-state index in [9.17, 15) is 14.2 Å². The Morgan fingerprint density at radius 1 is 1.28 bits per heavy atom. The van der Waals surface area contributed by atoms with Gasteiger partial charge in [-0.3, -0.25) is 9.59 Å². The molecule has 0 aliphatic heterocycles. The molecule has 2 heterocycles. The number of ether oxygens (including phenoxy) is 1. The molecule has 12 heteroatoms. The maximum atomic E-state index is 12.0. The minimum Gasteiger partial charge on any atom is -0.369 e. The molecule has 0 aromatic carbocycles. The number of carbonyl (C=O) groups is 2. The Morgan fingerprint density at radius 3 is 2.55 bits per heavy atom. The molecular formula is C17H22N5O4PS2. The third-order valence-electron chi connectivity index (χ3n) is 4.10. The van der Waals surface area contributed by atoms with E-state index in [1.807, 2.05) is 6.92 Å². The van der Waals surface area contributed by atoms with Gasteiger partial charge in [0.1, 0.15) is 29.1 Å². The zero-order valence-corrected chi connectivity index (χ0v) is 19.0. The molecule has 0 amide bonds. The third-order valence-corrected chi connectivity index (χ3v) is 4.98. The summed E-state index contributed by atoms with van der Waals surface area (Å²) in [6, 6.07) is -0.744. The van der Waals surface area contributed by atoms with E-state index in [0.717, 1.165) is 0 Å². The van der Waals surface area contributed by atoms with Crippen molar-refractivity contribution in [2.75, 3.05) is 11.7 Å². The lowest BCUT2D eigenvalue weighted by molar-refractivity contribution is -0.117. The predicted molar refractivity (Wildman–Crippen MR) is 120 cm³/mol. The van der Waals surface area contributed by atoms with Crippen LogP contribution in [-0.2, 0) is 25.4 Å². The van der Waals surface area contributed by atoms with Crippen LogP contribution in [0.25, 0.3) is 11.2 Å². The molecule has 0 aliphatic carbocycles. The Kier molecular flexibility index (Phi) is 8.63. The van der Waals surface area contributed by atoms with Crippen LogP contribution in [0.2, 0.25) is 0 Å². The SMILES string of the molecule is CC(=O)C(C=S)Nc1nc(C(C=S)C(C)=O)nc2c1ncn2C[C@@H](C)OC[PH2]=O. The van der Waals surface area contributed by atoms with Gasteiger partial charge in [-0.1, -0.05) is 24.4 Å². The summed E-state index contributed by atoms with van der Waals surface area (Å²) < 4.78 is 17.9. The van der Waals surface area contributed by atoms with Crippen LogP contribution in [0.3, 0.4) is 0 Å². The zero-order valence-electron chi connectivity index (χ0n) is 16.2. The molecule has 29 heavy (non-hydrogen) atoms. The molecule has 0 spiro atoms. The van der Waals surface area contributed by atoms with Gasteiger partial charge in [-0.25, -0.2) is 15.0 Å². The number of fused-ring (bicyclic) bond motifs is 1. The van der Waals surface area contributed by atoms with Crippen LogP contribution >= 0.6 is 32.9 Å². The van der Waals surface area contributed by atoms with Crippen LogP contribution in [-0.4, -0.2) is 60.3 Å². The fraction of sp³-hybridized carbons (Fsp3) is 0.471. The number of thiocarbonyl (C=S) groups is 2. The Hall–Kier alpha value is -1.94. The monoisotopic (exact) mass is 455 g/mol. The first-order valence-electron chi connectivity index (χ1n) is 8.78. The van der Waals surface area contributed by atoms with Gasteiger partial charge in [0.25, 0.3) is 0 Å². The van der Waals surface area contributed by atoms with E-state index in [2.05, 4.69) is 20.3 Å². The van der Waals surface area contributed by atoms with Gasteiger partial charge in [-0.05, 0) is 26.1 Å². The lowest BCUT2D eigenvalue weighted by Gasteiger charge is -2.16. The zero-order chi connectivity index (χ0) is 21.6. The van der Waals surface area contributed by atoms with Crippen LogP contribution in [0.5, 0.6) is 0 Å².